The predicted octanol–water partition coefficient (Wildman–Crippen LogP) is 2.88. The highest BCUT2D eigenvalue weighted by Gasteiger charge is 2.06. The molecule has 0 bridgehead atoms. The van der Waals surface area contributed by atoms with E-state index < -0.39 is 0 Å². The minimum absolute atomic E-state index is 0.303. The van der Waals surface area contributed by atoms with E-state index in [0.717, 1.165) is 17.0 Å². The average Bonchev–Trinajstić information content (AvgIpc) is 2.87. The molecule has 6 heteroatoms. The largest absolute Gasteiger partial charge is 0.366 e. The van der Waals surface area contributed by atoms with Crippen LogP contribution in [0.1, 0.15) is 13.3 Å². The van der Waals surface area contributed by atoms with Crippen molar-refractivity contribution in [1.82, 2.24) is 19.8 Å². The Kier molecular flexibility index (Phi) is 3.56. The van der Waals surface area contributed by atoms with E-state index in [9.17, 15) is 0 Å². The van der Waals surface area contributed by atoms with Gasteiger partial charge in [0.1, 0.15) is 0 Å². The van der Waals surface area contributed by atoms with Gasteiger partial charge in [-0.3, -0.25) is 0 Å². The second-order valence-electron chi connectivity index (χ2n) is 4.42. The van der Waals surface area contributed by atoms with Crippen LogP contribution in [0.3, 0.4) is 0 Å². The molecule has 0 fully saturated rings. The molecule has 0 aliphatic heterocycles. The quantitative estimate of drug-likeness (QED) is 0.746. The lowest BCUT2D eigenvalue weighted by atomic mass is 10.1. The van der Waals surface area contributed by atoms with Gasteiger partial charge in [0.15, 0.2) is 5.65 Å². The van der Waals surface area contributed by atoms with Gasteiger partial charge in [0.05, 0.1) is 5.69 Å². The fraction of sp³-hybridized carbons (Fsp3) is 0.214. The van der Waals surface area contributed by atoms with E-state index in [0.29, 0.717) is 11.6 Å². The molecular weight excluding hydrogens is 270 g/mol. The number of nitrogens with two attached hydrogens (primary N) is 1. The zero-order valence-corrected chi connectivity index (χ0v) is 12.0. The molecule has 5 nitrogen and oxygen atoms in total. The highest BCUT2D eigenvalue weighted by Crippen LogP contribution is 2.23. The Hall–Kier alpha value is -2.08. The van der Waals surface area contributed by atoms with Crippen LogP contribution >= 0.6 is 11.8 Å². The SMILES string of the molecule is CCCSc1ccc(-c2ccc3nnc(N)n3n2)cc1. The van der Waals surface area contributed by atoms with Crippen molar-refractivity contribution in [1.29, 1.82) is 0 Å². The lowest BCUT2D eigenvalue weighted by Crippen LogP contribution is -1.99. The van der Waals surface area contributed by atoms with Crippen molar-refractivity contribution in [2.24, 2.45) is 0 Å². The van der Waals surface area contributed by atoms with Gasteiger partial charge >= 0.3 is 0 Å². The summed E-state index contributed by atoms with van der Waals surface area (Å²) in [7, 11) is 0. The van der Waals surface area contributed by atoms with E-state index in [-0.39, 0.29) is 0 Å². The average molecular weight is 285 g/mol. The summed E-state index contributed by atoms with van der Waals surface area (Å²) < 4.78 is 1.55. The van der Waals surface area contributed by atoms with Crippen LogP contribution in [0.2, 0.25) is 0 Å². The smallest absolute Gasteiger partial charge is 0.243 e. The second kappa shape index (κ2) is 5.50. The molecule has 0 aliphatic carbocycles. The zero-order valence-electron chi connectivity index (χ0n) is 11.2. The Bertz CT molecular complexity index is 720. The number of hydrogen-bond acceptors (Lipinski definition) is 5. The number of hydrogen-bond donors (Lipinski definition) is 1. The molecule has 0 radical (unpaired) electrons. The van der Waals surface area contributed by atoms with E-state index in [1.165, 1.54) is 11.3 Å². The maximum absolute atomic E-state index is 5.73. The Morgan fingerprint density at radius 1 is 1.10 bits per heavy atom. The van der Waals surface area contributed by atoms with Crippen molar-refractivity contribution in [2.45, 2.75) is 18.2 Å². The highest BCUT2D eigenvalue weighted by atomic mass is 32.2. The van der Waals surface area contributed by atoms with Gasteiger partial charge in [-0.05, 0) is 36.4 Å². The summed E-state index contributed by atoms with van der Waals surface area (Å²) in [5, 5.41) is 12.2. The Balaban J connectivity index is 1.91. The van der Waals surface area contributed by atoms with Crippen molar-refractivity contribution in [3.63, 3.8) is 0 Å². The molecule has 0 saturated carbocycles. The van der Waals surface area contributed by atoms with Crippen LogP contribution in [0.25, 0.3) is 16.9 Å². The molecule has 20 heavy (non-hydrogen) atoms. The maximum Gasteiger partial charge on any atom is 0.243 e. The van der Waals surface area contributed by atoms with Crippen LogP contribution in [0, 0.1) is 0 Å². The molecule has 1 aromatic carbocycles. The molecule has 102 valence electrons. The van der Waals surface area contributed by atoms with Crippen molar-refractivity contribution in [3.8, 4) is 11.3 Å². The molecule has 2 N–H and O–H groups in total. The van der Waals surface area contributed by atoms with Crippen molar-refractivity contribution in [3.05, 3.63) is 36.4 Å². The van der Waals surface area contributed by atoms with Gasteiger partial charge in [-0.1, -0.05) is 19.1 Å². The second-order valence-corrected chi connectivity index (χ2v) is 5.59. The number of aromatic nitrogens is 4. The fourth-order valence-electron chi connectivity index (χ4n) is 1.90. The summed E-state index contributed by atoms with van der Waals surface area (Å²) in [4.78, 5) is 1.28. The van der Waals surface area contributed by atoms with Crippen molar-refractivity contribution < 1.29 is 0 Å². The lowest BCUT2D eigenvalue weighted by Gasteiger charge is -2.04. The molecule has 0 saturated heterocycles. The Labute approximate surface area is 121 Å². The third-order valence-electron chi connectivity index (χ3n) is 2.91. The first kappa shape index (κ1) is 12.9. The Morgan fingerprint density at radius 2 is 1.90 bits per heavy atom. The number of nitrogens with zero attached hydrogens (tertiary/aromatic N) is 4. The Morgan fingerprint density at radius 3 is 2.65 bits per heavy atom. The molecule has 0 aliphatic rings. The molecule has 0 amide bonds. The normalized spacial score (nSPS) is 11.1. The maximum atomic E-state index is 5.73. The molecule has 0 spiro atoms. The van der Waals surface area contributed by atoms with E-state index in [4.69, 9.17) is 5.73 Å². The first-order valence-corrected chi connectivity index (χ1v) is 7.47. The van der Waals surface area contributed by atoms with Gasteiger partial charge in [0.2, 0.25) is 5.95 Å². The van der Waals surface area contributed by atoms with Crippen LogP contribution in [0.4, 0.5) is 5.95 Å². The van der Waals surface area contributed by atoms with Crippen LogP contribution < -0.4 is 5.73 Å². The lowest BCUT2D eigenvalue weighted by molar-refractivity contribution is 0.946. The minimum atomic E-state index is 0.303. The van der Waals surface area contributed by atoms with Gasteiger partial charge in [-0.15, -0.1) is 22.0 Å². The fourth-order valence-corrected chi connectivity index (χ4v) is 2.67. The predicted molar refractivity (Wildman–Crippen MR) is 81.6 cm³/mol. The summed E-state index contributed by atoms with van der Waals surface area (Å²) in [6, 6.07) is 12.2. The molecule has 3 rings (SSSR count). The third kappa shape index (κ3) is 2.46. The van der Waals surface area contributed by atoms with Crippen LogP contribution in [0.5, 0.6) is 0 Å². The van der Waals surface area contributed by atoms with E-state index in [1.54, 1.807) is 4.52 Å². The van der Waals surface area contributed by atoms with Crippen molar-refractivity contribution >= 4 is 23.4 Å². The van der Waals surface area contributed by atoms with E-state index >= 15 is 0 Å². The minimum Gasteiger partial charge on any atom is -0.366 e. The summed E-state index contributed by atoms with van der Waals surface area (Å²) in [5.41, 5.74) is 8.29. The van der Waals surface area contributed by atoms with Gasteiger partial charge in [0, 0.05) is 10.5 Å². The molecular formula is C14H15N5S. The number of benzene rings is 1. The first-order valence-electron chi connectivity index (χ1n) is 6.49. The van der Waals surface area contributed by atoms with Gasteiger partial charge in [0.25, 0.3) is 0 Å². The standard InChI is InChI=1S/C14H15N5S/c1-2-9-20-11-5-3-10(4-6-11)12-7-8-13-16-17-14(15)19(13)18-12/h3-8H,2,9H2,1H3,(H2,15,17). The van der Waals surface area contributed by atoms with Gasteiger partial charge in [-0.25, -0.2) is 0 Å². The molecule has 2 aromatic heterocycles. The summed E-state index contributed by atoms with van der Waals surface area (Å²) in [5.74, 6) is 1.44. The van der Waals surface area contributed by atoms with Gasteiger partial charge in [-0.2, -0.15) is 9.61 Å². The molecule has 3 aromatic rings. The topological polar surface area (TPSA) is 69.1 Å². The monoisotopic (exact) mass is 285 g/mol. The zero-order chi connectivity index (χ0) is 13.9. The number of rotatable bonds is 4. The van der Waals surface area contributed by atoms with Gasteiger partial charge < -0.3 is 5.73 Å². The highest BCUT2D eigenvalue weighted by molar-refractivity contribution is 7.99. The van der Waals surface area contributed by atoms with Crippen LogP contribution in [-0.4, -0.2) is 25.6 Å². The van der Waals surface area contributed by atoms with Crippen LogP contribution in [-0.2, 0) is 0 Å². The summed E-state index contributed by atoms with van der Waals surface area (Å²) >= 11 is 1.87. The molecule has 0 unspecified atom stereocenters. The van der Waals surface area contributed by atoms with E-state index in [2.05, 4.69) is 46.5 Å². The van der Waals surface area contributed by atoms with E-state index in [1.807, 2.05) is 23.9 Å². The van der Waals surface area contributed by atoms with Crippen molar-refractivity contribution in [2.75, 3.05) is 11.5 Å². The number of anilines is 1. The summed E-state index contributed by atoms with van der Waals surface area (Å²) in [6.07, 6.45) is 1.18. The number of nitrogen functional groups attached to an aromatic ring is 1. The first-order chi connectivity index (χ1) is 9.78. The van der Waals surface area contributed by atoms with Crippen LogP contribution in [0.15, 0.2) is 41.3 Å². The number of fused-ring (bicyclic) bond motifs is 1. The number of thioether (sulfide) groups is 1. The third-order valence-corrected chi connectivity index (χ3v) is 4.13. The molecule has 0 atom stereocenters. The summed E-state index contributed by atoms with van der Waals surface area (Å²) in [6.45, 7) is 2.18. The molecule has 2 heterocycles.